The van der Waals surface area contributed by atoms with Crippen molar-refractivity contribution in [3.05, 3.63) is 35.1 Å². The molecule has 6 heteroatoms. The number of hydrogen-bond acceptors (Lipinski definition) is 3. The molecule has 110 valence electrons. The van der Waals surface area contributed by atoms with E-state index in [1.54, 1.807) is 0 Å². The molecular weight excluding hydrogens is 271 g/mol. The molecule has 0 saturated carbocycles. The second-order valence-electron chi connectivity index (χ2n) is 4.72. The predicted molar refractivity (Wildman–Crippen MR) is 67.1 cm³/mol. The zero-order valence-corrected chi connectivity index (χ0v) is 10.9. The quantitative estimate of drug-likeness (QED) is 0.668. The normalized spacial score (nSPS) is 16.4. The van der Waals surface area contributed by atoms with Gasteiger partial charge in [0.15, 0.2) is 23.2 Å². The van der Waals surface area contributed by atoms with Gasteiger partial charge in [0.1, 0.15) is 0 Å². The van der Waals surface area contributed by atoms with Gasteiger partial charge in [-0.15, -0.1) is 0 Å². The van der Waals surface area contributed by atoms with E-state index in [1.165, 1.54) is 0 Å². The lowest BCUT2D eigenvalue weighted by atomic mass is 10.1. The number of nitrogens with one attached hydrogen (secondary N) is 1. The number of benzene rings is 1. The van der Waals surface area contributed by atoms with E-state index in [0.29, 0.717) is 0 Å². The number of Topliss-reactive ketones (excluding diaryl/α,β-unsaturated/α-hetero) is 1. The molecule has 1 fully saturated rings. The van der Waals surface area contributed by atoms with Crippen LogP contribution in [0.15, 0.2) is 12.1 Å². The van der Waals surface area contributed by atoms with Crippen LogP contribution in [-0.2, 0) is 4.74 Å². The molecule has 0 atom stereocenters. The molecule has 1 saturated heterocycles. The van der Waals surface area contributed by atoms with Crippen LogP contribution in [0, 0.1) is 17.5 Å². The summed E-state index contributed by atoms with van der Waals surface area (Å²) in [5.74, 6) is -4.94. The fourth-order valence-electron chi connectivity index (χ4n) is 2.16. The van der Waals surface area contributed by atoms with Crippen molar-refractivity contribution in [3.63, 3.8) is 0 Å². The fraction of sp³-hybridized carbons (Fsp3) is 0.500. The number of piperidine rings is 1. The van der Waals surface area contributed by atoms with Crippen LogP contribution in [0.5, 0.6) is 0 Å². The summed E-state index contributed by atoms with van der Waals surface area (Å²) in [7, 11) is 0. The Balaban J connectivity index is 1.87. The van der Waals surface area contributed by atoms with Crippen molar-refractivity contribution in [1.82, 2.24) is 5.32 Å². The van der Waals surface area contributed by atoms with Gasteiger partial charge < -0.3 is 10.1 Å². The summed E-state index contributed by atoms with van der Waals surface area (Å²) in [5.41, 5.74) is -0.433. The van der Waals surface area contributed by atoms with Crippen molar-refractivity contribution >= 4 is 5.78 Å². The first kappa shape index (κ1) is 15.0. The first-order valence-electron chi connectivity index (χ1n) is 6.58. The SMILES string of the molecule is O=C(CCOC1CCNCC1)c1ccc(F)c(F)c1F. The van der Waals surface area contributed by atoms with Crippen LogP contribution in [-0.4, -0.2) is 31.6 Å². The molecule has 1 aliphatic heterocycles. The molecule has 1 aromatic carbocycles. The van der Waals surface area contributed by atoms with Crippen LogP contribution >= 0.6 is 0 Å². The minimum atomic E-state index is -1.62. The molecule has 3 nitrogen and oxygen atoms in total. The Kier molecular flexibility index (Phi) is 5.14. The van der Waals surface area contributed by atoms with Gasteiger partial charge in [-0.1, -0.05) is 0 Å². The van der Waals surface area contributed by atoms with Crippen molar-refractivity contribution < 1.29 is 22.7 Å². The lowest BCUT2D eigenvalue weighted by Crippen LogP contribution is -2.32. The van der Waals surface area contributed by atoms with Gasteiger partial charge in [0.2, 0.25) is 0 Å². The monoisotopic (exact) mass is 287 g/mol. The molecule has 20 heavy (non-hydrogen) atoms. The van der Waals surface area contributed by atoms with Crippen LogP contribution in [0.2, 0.25) is 0 Å². The van der Waals surface area contributed by atoms with Gasteiger partial charge in [-0.3, -0.25) is 4.79 Å². The number of hydrogen-bond donors (Lipinski definition) is 1. The first-order valence-corrected chi connectivity index (χ1v) is 6.58. The molecule has 0 radical (unpaired) electrons. The van der Waals surface area contributed by atoms with Gasteiger partial charge in [0.05, 0.1) is 18.3 Å². The van der Waals surface area contributed by atoms with Crippen molar-refractivity contribution in [2.24, 2.45) is 0 Å². The smallest absolute Gasteiger partial charge is 0.195 e. The molecule has 0 unspecified atom stereocenters. The van der Waals surface area contributed by atoms with E-state index in [2.05, 4.69) is 5.32 Å². The maximum atomic E-state index is 13.4. The summed E-state index contributed by atoms with van der Waals surface area (Å²) in [6.45, 7) is 1.90. The first-order chi connectivity index (χ1) is 9.59. The Bertz CT molecular complexity index is 488. The third kappa shape index (κ3) is 3.58. The number of rotatable bonds is 5. The zero-order valence-electron chi connectivity index (χ0n) is 10.9. The van der Waals surface area contributed by atoms with Crippen molar-refractivity contribution in [2.75, 3.05) is 19.7 Å². The van der Waals surface area contributed by atoms with Gasteiger partial charge in [-0.2, -0.15) is 0 Å². The number of ketones is 1. The average molecular weight is 287 g/mol. The Morgan fingerprint density at radius 1 is 1.20 bits per heavy atom. The van der Waals surface area contributed by atoms with E-state index in [4.69, 9.17) is 4.74 Å². The van der Waals surface area contributed by atoms with E-state index >= 15 is 0 Å². The highest BCUT2D eigenvalue weighted by atomic mass is 19.2. The Hall–Kier alpha value is -1.40. The van der Waals surface area contributed by atoms with E-state index < -0.39 is 28.8 Å². The van der Waals surface area contributed by atoms with Crippen LogP contribution in [0.1, 0.15) is 29.6 Å². The topological polar surface area (TPSA) is 38.3 Å². The van der Waals surface area contributed by atoms with Gasteiger partial charge in [-0.05, 0) is 38.1 Å². The molecule has 1 heterocycles. The second-order valence-corrected chi connectivity index (χ2v) is 4.72. The third-order valence-corrected chi connectivity index (χ3v) is 3.30. The summed E-state index contributed by atoms with van der Waals surface area (Å²) in [6, 6.07) is 1.71. The molecule has 2 rings (SSSR count). The molecule has 0 aliphatic carbocycles. The van der Waals surface area contributed by atoms with Crippen LogP contribution in [0.25, 0.3) is 0 Å². The highest BCUT2D eigenvalue weighted by Gasteiger charge is 2.19. The molecule has 0 amide bonds. The van der Waals surface area contributed by atoms with Gasteiger partial charge >= 0.3 is 0 Å². The maximum absolute atomic E-state index is 13.4. The lowest BCUT2D eigenvalue weighted by molar-refractivity contribution is 0.0313. The van der Waals surface area contributed by atoms with Crippen LogP contribution < -0.4 is 5.32 Å². The third-order valence-electron chi connectivity index (χ3n) is 3.30. The predicted octanol–water partition coefficient (Wildman–Crippen LogP) is 2.45. The highest BCUT2D eigenvalue weighted by Crippen LogP contribution is 2.17. The zero-order chi connectivity index (χ0) is 14.5. The summed E-state index contributed by atoms with van der Waals surface area (Å²) in [5, 5.41) is 3.19. The van der Waals surface area contributed by atoms with E-state index in [9.17, 15) is 18.0 Å². The Labute approximate surface area is 115 Å². The molecule has 0 aromatic heterocycles. The van der Waals surface area contributed by atoms with E-state index in [0.717, 1.165) is 38.1 Å². The van der Waals surface area contributed by atoms with E-state index in [1.807, 2.05) is 0 Å². The standard InChI is InChI=1S/C14H16F3NO2/c15-11-2-1-10(13(16)14(11)17)12(19)5-8-20-9-3-6-18-7-4-9/h1-2,9,18H,3-8H2. The maximum Gasteiger partial charge on any atom is 0.195 e. The minimum Gasteiger partial charge on any atom is -0.378 e. The highest BCUT2D eigenvalue weighted by molar-refractivity contribution is 5.96. The summed E-state index contributed by atoms with van der Waals surface area (Å²) >= 11 is 0. The average Bonchev–Trinajstić information content (AvgIpc) is 2.46. The summed E-state index contributed by atoms with van der Waals surface area (Å²) in [6.07, 6.45) is 1.78. The lowest BCUT2D eigenvalue weighted by Gasteiger charge is -2.22. The largest absolute Gasteiger partial charge is 0.378 e. The van der Waals surface area contributed by atoms with Crippen molar-refractivity contribution in [3.8, 4) is 0 Å². The number of halogens is 3. The molecular formula is C14H16F3NO2. The van der Waals surface area contributed by atoms with Gasteiger partial charge in [-0.25, -0.2) is 13.2 Å². The van der Waals surface area contributed by atoms with Gasteiger partial charge in [0, 0.05) is 6.42 Å². The molecule has 0 bridgehead atoms. The van der Waals surface area contributed by atoms with E-state index in [-0.39, 0.29) is 19.1 Å². The number of carbonyl (C=O) groups is 1. The van der Waals surface area contributed by atoms with Crippen molar-refractivity contribution in [1.29, 1.82) is 0 Å². The summed E-state index contributed by atoms with van der Waals surface area (Å²) < 4.78 is 44.7. The number of ether oxygens (including phenoxy) is 1. The van der Waals surface area contributed by atoms with Gasteiger partial charge in [0.25, 0.3) is 0 Å². The van der Waals surface area contributed by atoms with Crippen LogP contribution in [0.3, 0.4) is 0 Å². The summed E-state index contributed by atoms with van der Waals surface area (Å²) in [4.78, 5) is 11.7. The van der Waals surface area contributed by atoms with Crippen LogP contribution in [0.4, 0.5) is 13.2 Å². The minimum absolute atomic E-state index is 0.0497. The second kappa shape index (κ2) is 6.85. The molecule has 1 aliphatic rings. The fourth-order valence-corrected chi connectivity index (χ4v) is 2.16. The Morgan fingerprint density at radius 3 is 2.60 bits per heavy atom. The molecule has 1 aromatic rings. The van der Waals surface area contributed by atoms with Crippen molar-refractivity contribution in [2.45, 2.75) is 25.4 Å². The number of carbonyl (C=O) groups excluding carboxylic acids is 1. The molecule has 0 spiro atoms. The molecule has 1 N–H and O–H groups in total. The Morgan fingerprint density at radius 2 is 1.90 bits per heavy atom.